The lowest BCUT2D eigenvalue weighted by Gasteiger charge is -2.40. The Bertz CT molecular complexity index is 385. The van der Waals surface area contributed by atoms with Crippen molar-refractivity contribution in [2.45, 2.75) is 58.8 Å². The summed E-state index contributed by atoms with van der Waals surface area (Å²) in [5.74, 6) is 1.24. The summed E-state index contributed by atoms with van der Waals surface area (Å²) >= 11 is 0. The van der Waals surface area contributed by atoms with Crippen LogP contribution in [0.5, 0.6) is 0 Å². The maximum absolute atomic E-state index is 11.6. The topological polar surface area (TPSA) is 56.7 Å². The summed E-state index contributed by atoms with van der Waals surface area (Å²) in [4.78, 5) is 18.3. The average molecular weight is 308 g/mol. The third-order valence-electron chi connectivity index (χ3n) is 5.15. The third-order valence-corrected chi connectivity index (χ3v) is 5.15. The largest absolute Gasteiger partial charge is 0.357 e. The van der Waals surface area contributed by atoms with Crippen LogP contribution in [-0.4, -0.2) is 49.5 Å². The van der Waals surface area contributed by atoms with Gasteiger partial charge in [0.2, 0.25) is 5.91 Å². The van der Waals surface area contributed by atoms with Crippen molar-refractivity contribution in [1.29, 1.82) is 0 Å². The van der Waals surface area contributed by atoms with Crippen LogP contribution in [0.25, 0.3) is 0 Å². The molecule has 0 aromatic carbocycles. The van der Waals surface area contributed by atoms with E-state index in [1.807, 2.05) is 4.90 Å². The van der Waals surface area contributed by atoms with Crippen LogP contribution in [0.3, 0.4) is 0 Å². The number of amides is 1. The Labute approximate surface area is 134 Å². The highest BCUT2D eigenvalue weighted by atomic mass is 16.2. The van der Waals surface area contributed by atoms with Gasteiger partial charge in [0.25, 0.3) is 0 Å². The third kappa shape index (κ3) is 4.62. The molecule has 1 heterocycles. The summed E-state index contributed by atoms with van der Waals surface area (Å²) in [6.45, 7) is 8.87. The van der Waals surface area contributed by atoms with Crippen molar-refractivity contribution in [2.24, 2.45) is 10.4 Å². The first-order chi connectivity index (χ1) is 10.7. The molecule has 1 saturated heterocycles. The van der Waals surface area contributed by atoms with Crippen molar-refractivity contribution in [3.63, 3.8) is 0 Å². The van der Waals surface area contributed by atoms with E-state index in [0.717, 1.165) is 57.9 Å². The molecule has 0 radical (unpaired) electrons. The van der Waals surface area contributed by atoms with Gasteiger partial charge in [-0.2, -0.15) is 0 Å². The van der Waals surface area contributed by atoms with Crippen LogP contribution in [0.15, 0.2) is 4.99 Å². The summed E-state index contributed by atoms with van der Waals surface area (Å²) < 4.78 is 0. The van der Waals surface area contributed by atoms with Gasteiger partial charge in [0.05, 0.1) is 0 Å². The maximum Gasteiger partial charge on any atom is 0.222 e. The van der Waals surface area contributed by atoms with Gasteiger partial charge >= 0.3 is 0 Å². The van der Waals surface area contributed by atoms with Gasteiger partial charge in [0.15, 0.2) is 5.96 Å². The second kappa shape index (κ2) is 8.39. The fourth-order valence-corrected chi connectivity index (χ4v) is 3.31. The van der Waals surface area contributed by atoms with Crippen LogP contribution < -0.4 is 10.6 Å². The lowest BCUT2D eigenvalue weighted by molar-refractivity contribution is -0.127. The zero-order chi connectivity index (χ0) is 15.8. The average Bonchev–Trinajstić information content (AvgIpc) is 2.88. The summed E-state index contributed by atoms with van der Waals surface area (Å²) in [7, 11) is 0. The molecule has 0 bridgehead atoms. The molecular weight excluding hydrogens is 276 g/mol. The Morgan fingerprint density at radius 2 is 2.09 bits per heavy atom. The van der Waals surface area contributed by atoms with Crippen LogP contribution in [-0.2, 0) is 4.79 Å². The molecule has 0 atom stereocenters. The molecule has 22 heavy (non-hydrogen) atoms. The Kier molecular flexibility index (Phi) is 6.52. The Morgan fingerprint density at radius 3 is 2.64 bits per heavy atom. The molecule has 2 aliphatic rings. The number of aliphatic imine (C=N–C) groups is 1. The van der Waals surface area contributed by atoms with Crippen molar-refractivity contribution in [3.8, 4) is 0 Å². The van der Waals surface area contributed by atoms with Crippen LogP contribution in [0.1, 0.15) is 58.8 Å². The van der Waals surface area contributed by atoms with E-state index in [1.54, 1.807) is 0 Å². The molecule has 0 spiro atoms. The number of rotatable bonds is 8. The Balaban J connectivity index is 1.70. The second-order valence-electron chi connectivity index (χ2n) is 6.67. The number of hydrogen-bond acceptors (Lipinski definition) is 2. The molecule has 1 saturated carbocycles. The Morgan fingerprint density at radius 1 is 1.27 bits per heavy atom. The first kappa shape index (κ1) is 17.1. The number of guanidine groups is 1. The van der Waals surface area contributed by atoms with Gasteiger partial charge < -0.3 is 15.5 Å². The molecule has 0 unspecified atom stereocenters. The van der Waals surface area contributed by atoms with Crippen molar-refractivity contribution in [2.75, 3.05) is 32.7 Å². The zero-order valence-corrected chi connectivity index (χ0v) is 14.3. The van der Waals surface area contributed by atoms with Crippen molar-refractivity contribution >= 4 is 11.9 Å². The van der Waals surface area contributed by atoms with Crippen LogP contribution in [0.4, 0.5) is 0 Å². The fourth-order valence-electron chi connectivity index (χ4n) is 3.31. The van der Waals surface area contributed by atoms with E-state index in [4.69, 9.17) is 4.99 Å². The first-order valence-electron chi connectivity index (χ1n) is 8.99. The van der Waals surface area contributed by atoms with Gasteiger partial charge in [-0.25, -0.2) is 0 Å². The molecule has 126 valence electrons. The summed E-state index contributed by atoms with van der Waals surface area (Å²) in [5, 5.41) is 6.73. The number of hydrogen-bond donors (Lipinski definition) is 2. The van der Waals surface area contributed by atoms with Crippen LogP contribution in [0, 0.1) is 5.41 Å². The summed E-state index contributed by atoms with van der Waals surface area (Å²) in [6, 6.07) is 0. The normalized spacial score (nSPS) is 20.9. The van der Waals surface area contributed by atoms with E-state index in [-0.39, 0.29) is 0 Å². The molecule has 2 N–H and O–H groups in total. The van der Waals surface area contributed by atoms with Gasteiger partial charge in [0, 0.05) is 39.1 Å². The number of carbonyl (C=O) groups is 1. The van der Waals surface area contributed by atoms with Gasteiger partial charge in [-0.1, -0.05) is 13.3 Å². The lowest BCUT2D eigenvalue weighted by Crippen LogP contribution is -2.40. The van der Waals surface area contributed by atoms with Gasteiger partial charge in [-0.15, -0.1) is 0 Å². The molecule has 1 aliphatic heterocycles. The van der Waals surface area contributed by atoms with E-state index in [9.17, 15) is 4.79 Å². The molecule has 1 amide bonds. The van der Waals surface area contributed by atoms with E-state index < -0.39 is 0 Å². The highest BCUT2D eigenvalue weighted by Crippen LogP contribution is 2.43. The summed E-state index contributed by atoms with van der Waals surface area (Å²) in [6.07, 6.45) is 7.97. The minimum Gasteiger partial charge on any atom is -0.357 e. The van der Waals surface area contributed by atoms with E-state index >= 15 is 0 Å². The molecule has 5 nitrogen and oxygen atoms in total. The minimum atomic E-state index is 0.315. The summed E-state index contributed by atoms with van der Waals surface area (Å²) in [5.41, 5.74) is 0.463. The van der Waals surface area contributed by atoms with E-state index in [0.29, 0.717) is 11.3 Å². The monoisotopic (exact) mass is 308 g/mol. The number of carbonyl (C=O) groups excluding carboxylic acids is 1. The minimum absolute atomic E-state index is 0.315. The van der Waals surface area contributed by atoms with Crippen LogP contribution in [0.2, 0.25) is 0 Å². The van der Waals surface area contributed by atoms with Crippen molar-refractivity contribution in [1.82, 2.24) is 15.5 Å². The molecule has 5 heteroatoms. The van der Waals surface area contributed by atoms with Gasteiger partial charge in [-0.05, 0) is 44.4 Å². The number of nitrogens with zero attached hydrogens (tertiary/aromatic N) is 2. The standard InChI is InChI=1S/C17H32N4O/c1-3-17(9-6-10-17)14-20-16(18-4-2)19-11-7-13-21-12-5-8-15(21)22/h3-14H2,1-2H3,(H2,18,19,20). The maximum atomic E-state index is 11.6. The first-order valence-corrected chi connectivity index (χ1v) is 8.99. The molecule has 0 aromatic rings. The Hall–Kier alpha value is -1.26. The van der Waals surface area contributed by atoms with Gasteiger partial charge in [-0.3, -0.25) is 9.79 Å². The number of nitrogens with one attached hydrogen (secondary N) is 2. The smallest absolute Gasteiger partial charge is 0.222 e. The lowest BCUT2D eigenvalue weighted by atomic mass is 9.67. The van der Waals surface area contributed by atoms with Crippen molar-refractivity contribution in [3.05, 3.63) is 0 Å². The van der Waals surface area contributed by atoms with Crippen molar-refractivity contribution < 1.29 is 4.79 Å². The fraction of sp³-hybridized carbons (Fsp3) is 0.882. The molecule has 0 aromatic heterocycles. The molecule has 2 rings (SSSR count). The highest BCUT2D eigenvalue weighted by molar-refractivity contribution is 5.80. The molecular formula is C17H32N4O. The van der Waals surface area contributed by atoms with E-state index in [2.05, 4.69) is 24.5 Å². The second-order valence-corrected chi connectivity index (χ2v) is 6.67. The SMILES string of the molecule is CCNC(=NCC1(CC)CCC1)NCCCN1CCCC1=O. The molecule has 1 aliphatic carbocycles. The van der Waals surface area contributed by atoms with Gasteiger partial charge in [0.1, 0.15) is 0 Å². The highest BCUT2D eigenvalue weighted by Gasteiger charge is 2.34. The number of likely N-dealkylation sites (tertiary alicyclic amines) is 1. The predicted molar refractivity (Wildman–Crippen MR) is 91.0 cm³/mol. The zero-order valence-electron chi connectivity index (χ0n) is 14.3. The molecule has 2 fully saturated rings. The van der Waals surface area contributed by atoms with E-state index in [1.165, 1.54) is 25.7 Å². The predicted octanol–water partition coefficient (Wildman–Crippen LogP) is 2.13. The quantitative estimate of drug-likeness (QED) is 0.410. The van der Waals surface area contributed by atoms with Crippen LogP contribution >= 0.6 is 0 Å².